The highest BCUT2D eigenvalue weighted by Gasteiger charge is 2.11. The van der Waals surface area contributed by atoms with Crippen molar-refractivity contribution in [1.82, 2.24) is 9.99 Å². The standard InChI is InChI=1S/C14H13BrN4O3/c1-18-6-2-3-11(18)8-14(20)17-16-9-10-4-5-12(15)13(7-10)19(21)22/h2-7,9H,8H2,1H3,(H,17,20)/b16-9+. The molecule has 0 aliphatic heterocycles. The minimum absolute atomic E-state index is 0.0564. The van der Waals surface area contributed by atoms with Gasteiger partial charge in [0.15, 0.2) is 0 Å². The summed E-state index contributed by atoms with van der Waals surface area (Å²) in [6.45, 7) is 0. The number of benzene rings is 1. The lowest BCUT2D eigenvalue weighted by Crippen LogP contribution is -2.20. The number of rotatable bonds is 5. The summed E-state index contributed by atoms with van der Waals surface area (Å²) in [5.74, 6) is -0.260. The van der Waals surface area contributed by atoms with Crippen LogP contribution in [0.1, 0.15) is 11.3 Å². The predicted molar refractivity (Wildman–Crippen MR) is 85.7 cm³/mol. The summed E-state index contributed by atoms with van der Waals surface area (Å²) >= 11 is 3.10. The molecule has 0 saturated heterocycles. The summed E-state index contributed by atoms with van der Waals surface area (Å²) in [7, 11) is 1.85. The molecule has 114 valence electrons. The molecule has 2 rings (SSSR count). The van der Waals surface area contributed by atoms with Crippen LogP contribution in [0.4, 0.5) is 5.69 Å². The first-order chi connectivity index (χ1) is 10.5. The first kappa shape index (κ1) is 15.9. The number of nitrogens with zero attached hydrogens (tertiary/aromatic N) is 3. The molecule has 0 saturated carbocycles. The quantitative estimate of drug-likeness (QED) is 0.501. The van der Waals surface area contributed by atoms with Crippen LogP contribution < -0.4 is 5.43 Å². The van der Waals surface area contributed by atoms with Crippen LogP contribution in [0.15, 0.2) is 46.1 Å². The zero-order chi connectivity index (χ0) is 16.1. The molecule has 0 bridgehead atoms. The molecule has 2 aromatic rings. The van der Waals surface area contributed by atoms with Gasteiger partial charge in [-0.05, 0) is 34.1 Å². The summed E-state index contributed by atoms with van der Waals surface area (Å²) in [5, 5.41) is 14.6. The van der Waals surface area contributed by atoms with Gasteiger partial charge in [0.2, 0.25) is 5.91 Å². The van der Waals surface area contributed by atoms with E-state index in [1.54, 1.807) is 12.1 Å². The van der Waals surface area contributed by atoms with E-state index in [2.05, 4.69) is 26.5 Å². The fourth-order valence-electron chi connectivity index (χ4n) is 1.81. The van der Waals surface area contributed by atoms with E-state index in [-0.39, 0.29) is 18.0 Å². The van der Waals surface area contributed by atoms with Crippen molar-refractivity contribution in [1.29, 1.82) is 0 Å². The Kier molecular flexibility index (Phi) is 5.05. The largest absolute Gasteiger partial charge is 0.354 e. The first-order valence-electron chi connectivity index (χ1n) is 6.33. The average Bonchev–Trinajstić information content (AvgIpc) is 2.85. The van der Waals surface area contributed by atoms with Gasteiger partial charge in [-0.1, -0.05) is 6.07 Å². The number of hydrogen-bond acceptors (Lipinski definition) is 4. The maximum Gasteiger partial charge on any atom is 0.284 e. The van der Waals surface area contributed by atoms with Gasteiger partial charge >= 0.3 is 0 Å². The number of nitro benzene ring substituents is 1. The molecule has 1 aromatic heterocycles. The number of amides is 1. The lowest BCUT2D eigenvalue weighted by Gasteiger charge is -2.02. The van der Waals surface area contributed by atoms with Gasteiger partial charge in [0.05, 0.1) is 22.0 Å². The summed E-state index contributed by atoms with van der Waals surface area (Å²) in [6.07, 6.45) is 3.43. The van der Waals surface area contributed by atoms with Gasteiger partial charge in [0.1, 0.15) is 0 Å². The van der Waals surface area contributed by atoms with Crippen LogP contribution in [0, 0.1) is 10.1 Å². The van der Waals surface area contributed by atoms with Crippen molar-refractivity contribution in [2.24, 2.45) is 12.1 Å². The number of nitro groups is 1. The van der Waals surface area contributed by atoms with Gasteiger partial charge in [-0.3, -0.25) is 14.9 Å². The van der Waals surface area contributed by atoms with E-state index < -0.39 is 4.92 Å². The molecule has 22 heavy (non-hydrogen) atoms. The highest BCUT2D eigenvalue weighted by molar-refractivity contribution is 9.10. The Morgan fingerprint density at radius 1 is 1.50 bits per heavy atom. The van der Waals surface area contributed by atoms with Crippen LogP contribution in [0.3, 0.4) is 0 Å². The molecule has 1 aromatic carbocycles. The van der Waals surface area contributed by atoms with E-state index in [4.69, 9.17) is 0 Å². The van der Waals surface area contributed by atoms with E-state index in [0.29, 0.717) is 10.0 Å². The van der Waals surface area contributed by atoms with E-state index in [1.165, 1.54) is 12.3 Å². The van der Waals surface area contributed by atoms with Gasteiger partial charge in [-0.15, -0.1) is 0 Å². The van der Waals surface area contributed by atoms with Crippen molar-refractivity contribution in [3.63, 3.8) is 0 Å². The molecular weight excluding hydrogens is 352 g/mol. The smallest absolute Gasteiger partial charge is 0.284 e. The Morgan fingerprint density at radius 2 is 2.27 bits per heavy atom. The third-order valence-electron chi connectivity index (χ3n) is 2.96. The Morgan fingerprint density at radius 3 is 2.91 bits per heavy atom. The number of aryl methyl sites for hydroxylation is 1. The van der Waals surface area contributed by atoms with Crippen LogP contribution in [0.5, 0.6) is 0 Å². The van der Waals surface area contributed by atoms with Crippen molar-refractivity contribution in [2.45, 2.75) is 6.42 Å². The molecule has 0 spiro atoms. The average molecular weight is 365 g/mol. The van der Waals surface area contributed by atoms with Crippen LogP contribution in [0.2, 0.25) is 0 Å². The Balaban J connectivity index is 1.98. The topological polar surface area (TPSA) is 89.5 Å². The van der Waals surface area contributed by atoms with E-state index >= 15 is 0 Å². The van der Waals surface area contributed by atoms with Crippen LogP contribution in [-0.2, 0) is 18.3 Å². The summed E-state index contributed by atoms with van der Waals surface area (Å²) in [4.78, 5) is 22.1. The molecule has 1 amide bonds. The second-order valence-electron chi connectivity index (χ2n) is 4.55. The predicted octanol–water partition coefficient (Wildman–Crippen LogP) is 2.39. The highest BCUT2D eigenvalue weighted by Crippen LogP contribution is 2.24. The molecule has 0 atom stereocenters. The number of carbonyl (C=O) groups is 1. The molecule has 0 aliphatic carbocycles. The zero-order valence-electron chi connectivity index (χ0n) is 11.7. The number of nitrogens with one attached hydrogen (secondary N) is 1. The monoisotopic (exact) mass is 364 g/mol. The molecule has 1 heterocycles. The summed E-state index contributed by atoms with van der Waals surface area (Å²) < 4.78 is 2.24. The van der Waals surface area contributed by atoms with Crippen LogP contribution in [0.25, 0.3) is 0 Å². The molecule has 0 aliphatic rings. The lowest BCUT2D eigenvalue weighted by atomic mass is 10.2. The Labute approximate surface area is 134 Å². The summed E-state index contributed by atoms with van der Waals surface area (Å²) in [6, 6.07) is 8.29. The number of hydrazone groups is 1. The van der Waals surface area contributed by atoms with E-state index in [9.17, 15) is 14.9 Å². The molecule has 8 heteroatoms. The van der Waals surface area contributed by atoms with Crippen molar-refractivity contribution in [2.75, 3.05) is 0 Å². The van der Waals surface area contributed by atoms with Gasteiger partial charge in [0.25, 0.3) is 5.69 Å². The van der Waals surface area contributed by atoms with Gasteiger partial charge in [-0.25, -0.2) is 5.43 Å². The maximum absolute atomic E-state index is 11.7. The van der Waals surface area contributed by atoms with Crippen molar-refractivity contribution < 1.29 is 9.72 Å². The Bertz CT molecular complexity index is 739. The van der Waals surface area contributed by atoms with Crippen LogP contribution >= 0.6 is 15.9 Å². The first-order valence-corrected chi connectivity index (χ1v) is 7.12. The fourth-order valence-corrected chi connectivity index (χ4v) is 2.20. The SMILES string of the molecule is Cn1cccc1CC(=O)N/N=C/c1ccc(Br)c([N+](=O)[O-])c1. The molecule has 1 N–H and O–H groups in total. The van der Waals surface area contributed by atoms with Crippen LogP contribution in [-0.4, -0.2) is 21.6 Å². The van der Waals surface area contributed by atoms with Gasteiger partial charge in [-0.2, -0.15) is 5.10 Å². The molecule has 0 fully saturated rings. The minimum Gasteiger partial charge on any atom is -0.354 e. The maximum atomic E-state index is 11.7. The second kappa shape index (κ2) is 6.99. The van der Waals surface area contributed by atoms with Crippen molar-refractivity contribution in [3.8, 4) is 0 Å². The van der Waals surface area contributed by atoms with Crippen molar-refractivity contribution in [3.05, 3.63) is 62.4 Å². The number of carbonyl (C=O) groups excluding carboxylic acids is 1. The third kappa shape index (κ3) is 4.01. The fraction of sp³-hybridized carbons (Fsp3) is 0.143. The van der Waals surface area contributed by atoms with Crippen molar-refractivity contribution >= 4 is 33.7 Å². The van der Waals surface area contributed by atoms with Gasteiger partial charge in [0, 0.05) is 30.6 Å². The summed E-state index contributed by atoms with van der Waals surface area (Å²) in [5.41, 5.74) is 3.73. The third-order valence-corrected chi connectivity index (χ3v) is 3.63. The molecule has 0 radical (unpaired) electrons. The molecule has 0 unspecified atom stereocenters. The number of halogens is 1. The zero-order valence-corrected chi connectivity index (χ0v) is 13.3. The molecule has 7 nitrogen and oxygen atoms in total. The minimum atomic E-state index is -0.491. The molecular formula is C14H13BrN4O3. The number of hydrogen-bond donors (Lipinski definition) is 1. The van der Waals surface area contributed by atoms with E-state index in [0.717, 1.165) is 5.69 Å². The lowest BCUT2D eigenvalue weighted by molar-refractivity contribution is -0.385. The highest BCUT2D eigenvalue weighted by atomic mass is 79.9. The van der Waals surface area contributed by atoms with Gasteiger partial charge < -0.3 is 4.57 Å². The second-order valence-corrected chi connectivity index (χ2v) is 5.40. The van der Waals surface area contributed by atoms with E-state index in [1.807, 2.05) is 29.9 Å². The normalized spacial score (nSPS) is 10.8. The Hall–Kier alpha value is -2.48. The number of aromatic nitrogens is 1.